The van der Waals surface area contributed by atoms with E-state index in [2.05, 4.69) is 24.1 Å². The second kappa shape index (κ2) is 5.82. The van der Waals surface area contributed by atoms with Crippen molar-refractivity contribution in [2.45, 2.75) is 45.6 Å². The van der Waals surface area contributed by atoms with Crippen LogP contribution in [-0.4, -0.2) is 18.4 Å². The Balaban J connectivity index is 2.26. The number of piperidine rings is 1. The molecule has 1 N–H and O–H groups in total. The van der Waals surface area contributed by atoms with Gasteiger partial charge in [-0.1, -0.05) is 0 Å². The SMILES string of the molecule is CC#CCCC(=O)C1CCC(C)NC1. The summed E-state index contributed by atoms with van der Waals surface area (Å²) in [6.07, 6.45) is 3.52. The molecule has 2 heteroatoms. The van der Waals surface area contributed by atoms with Crippen LogP contribution in [0.4, 0.5) is 0 Å². The summed E-state index contributed by atoms with van der Waals surface area (Å²) in [5.74, 6) is 6.37. The molecule has 0 bridgehead atoms. The van der Waals surface area contributed by atoms with E-state index in [1.54, 1.807) is 0 Å². The van der Waals surface area contributed by atoms with Gasteiger partial charge in [0.1, 0.15) is 5.78 Å². The van der Waals surface area contributed by atoms with Crippen LogP contribution in [0.2, 0.25) is 0 Å². The molecule has 14 heavy (non-hydrogen) atoms. The molecule has 0 spiro atoms. The zero-order valence-electron chi connectivity index (χ0n) is 9.10. The molecule has 0 saturated carbocycles. The van der Waals surface area contributed by atoms with E-state index >= 15 is 0 Å². The molecule has 0 aromatic heterocycles. The number of carbonyl (C=O) groups excluding carboxylic acids is 1. The molecule has 1 saturated heterocycles. The van der Waals surface area contributed by atoms with Gasteiger partial charge in [-0.05, 0) is 26.7 Å². The molecule has 1 rings (SSSR count). The average molecular weight is 193 g/mol. The van der Waals surface area contributed by atoms with Gasteiger partial charge < -0.3 is 5.32 Å². The van der Waals surface area contributed by atoms with Crippen LogP contribution >= 0.6 is 0 Å². The monoisotopic (exact) mass is 193 g/mol. The third-order valence-corrected chi connectivity index (χ3v) is 2.79. The van der Waals surface area contributed by atoms with Crippen LogP contribution in [0.15, 0.2) is 0 Å². The van der Waals surface area contributed by atoms with Gasteiger partial charge in [0.05, 0.1) is 0 Å². The summed E-state index contributed by atoms with van der Waals surface area (Å²) in [7, 11) is 0. The lowest BCUT2D eigenvalue weighted by atomic mass is 9.90. The standard InChI is InChI=1S/C12H19NO/c1-3-4-5-6-12(14)11-8-7-10(2)13-9-11/h10-11,13H,5-9H2,1-2H3. The molecule has 78 valence electrons. The fourth-order valence-corrected chi connectivity index (χ4v) is 1.79. The number of carbonyl (C=O) groups is 1. The number of hydrogen-bond donors (Lipinski definition) is 1. The lowest BCUT2D eigenvalue weighted by Gasteiger charge is -2.26. The smallest absolute Gasteiger partial charge is 0.138 e. The van der Waals surface area contributed by atoms with Crippen molar-refractivity contribution in [3.63, 3.8) is 0 Å². The van der Waals surface area contributed by atoms with E-state index in [4.69, 9.17) is 0 Å². The summed E-state index contributed by atoms with van der Waals surface area (Å²) in [4.78, 5) is 11.7. The molecule has 0 aromatic rings. The number of Topliss-reactive ketones (excluding diaryl/α,β-unsaturated/α-hetero) is 1. The highest BCUT2D eigenvalue weighted by Crippen LogP contribution is 2.16. The number of hydrogen-bond acceptors (Lipinski definition) is 2. The van der Waals surface area contributed by atoms with Crippen LogP contribution in [0, 0.1) is 17.8 Å². The second-order valence-electron chi connectivity index (χ2n) is 3.98. The fraction of sp³-hybridized carbons (Fsp3) is 0.750. The second-order valence-corrected chi connectivity index (χ2v) is 3.98. The molecular weight excluding hydrogens is 174 g/mol. The summed E-state index contributed by atoms with van der Waals surface area (Å²) in [5.41, 5.74) is 0. The topological polar surface area (TPSA) is 29.1 Å². The molecule has 2 unspecified atom stereocenters. The zero-order valence-corrected chi connectivity index (χ0v) is 9.10. The van der Waals surface area contributed by atoms with Gasteiger partial charge in [0.15, 0.2) is 0 Å². The minimum absolute atomic E-state index is 0.241. The number of nitrogens with one attached hydrogen (secondary N) is 1. The Morgan fingerprint density at radius 3 is 2.86 bits per heavy atom. The van der Waals surface area contributed by atoms with Crippen molar-refractivity contribution in [1.29, 1.82) is 0 Å². The minimum Gasteiger partial charge on any atom is -0.314 e. The van der Waals surface area contributed by atoms with E-state index in [1.807, 2.05) is 6.92 Å². The Labute approximate surface area is 86.5 Å². The van der Waals surface area contributed by atoms with Crippen molar-refractivity contribution >= 4 is 5.78 Å². The van der Waals surface area contributed by atoms with Gasteiger partial charge in [0.2, 0.25) is 0 Å². The van der Waals surface area contributed by atoms with Gasteiger partial charge in [-0.2, -0.15) is 0 Å². The molecule has 1 heterocycles. The Morgan fingerprint density at radius 1 is 1.50 bits per heavy atom. The van der Waals surface area contributed by atoms with E-state index < -0.39 is 0 Å². The molecular formula is C12H19NO. The first-order valence-corrected chi connectivity index (χ1v) is 5.39. The number of ketones is 1. The van der Waals surface area contributed by atoms with E-state index in [9.17, 15) is 4.79 Å². The molecule has 0 aliphatic carbocycles. The van der Waals surface area contributed by atoms with E-state index in [1.165, 1.54) is 0 Å². The van der Waals surface area contributed by atoms with Crippen molar-refractivity contribution in [3.8, 4) is 11.8 Å². The maximum absolute atomic E-state index is 11.7. The van der Waals surface area contributed by atoms with Crippen LogP contribution < -0.4 is 5.32 Å². The molecule has 1 aliphatic rings. The van der Waals surface area contributed by atoms with Crippen molar-refractivity contribution < 1.29 is 4.79 Å². The lowest BCUT2D eigenvalue weighted by Crippen LogP contribution is -2.39. The highest BCUT2D eigenvalue weighted by molar-refractivity contribution is 5.81. The third kappa shape index (κ3) is 3.51. The normalized spacial score (nSPS) is 26.4. The molecule has 1 aliphatic heterocycles. The minimum atomic E-state index is 0.241. The lowest BCUT2D eigenvalue weighted by molar-refractivity contribution is -0.123. The van der Waals surface area contributed by atoms with Crippen molar-refractivity contribution in [2.75, 3.05) is 6.54 Å². The maximum Gasteiger partial charge on any atom is 0.138 e. The molecule has 1 fully saturated rings. The average Bonchev–Trinajstić information content (AvgIpc) is 2.19. The third-order valence-electron chi connectivity index (χ3n) is 2.79. The van der Waals surface area contributed by atoms with Crippen molar-refractivity contribution in [3.05, 3.63) is 0 Å². The Kier molecular flexibility index (Phi) is 4.69. The first-order valence-electron chi connectivity index (χ1n) is 5.39. The summed E-state index contributed by atoms with van der Waals surface area (Å²) in [5, 5.41) is 3.35. The predicted molar refractivity (Wildman–Crippen MR) is 57.9 cm³/mol. The van der Waals surface area contributed by atoms with Gasteiger partial charge in [0, 0.05) is 31.3 Å². The van der Waals surface area contributed by atoms with Crippen LogP contribution in [0.3, 0.4) is 0 Å². The largest absolute Gasteiger partial charge is 0.314 e. The highest BCUT2D eigenvalue weighted by atomic mass is 16.1. The van der Waals surface area contributed by atoms with Crippen molar-refractivity contribution in [1.82, 2.24) is 5.32 Å². The van der Waals surface area contributed by atoms with E-state index in [0.29, 0.717) is 18.2 Å². The molecule has 0 amide bonds. The maximum atomic E-state index is 11.7. The number of rotatable bonds is 3. The molecule has 0 radical (unpaired) electrons. The van der Waals surface area contributed by atoms with Crippen LogP contribution in [-0.2, 0) is 4.79 Å². The first-order chi connectivity index (χ1) is 6.74. The van der Waals surface area contributed by atoms with Crippen LogP contribution in [0.25, 0.3) is 0 Å². The summed E-state index contributed by atoms with van der Waals surface area (Å²) < 4.78 is 0. The van der Waals surface area contributed by atoms with Gasteiger partial charge >= 0.3 is 0 Å². The Bertz CT molecular complexity index is 241. The van der Waals surface area contributed by atoms with Crippen LogP contribution in [0.1, 0.15) is 39.5 Å². The van der Waals surface area contributed by atoms with Gasteiger partial charge in [-0.3, -0.25) is 4.79 Å². The highest BCUT2D eigenvalue weighted by Gasteiger charge is 2.22. The van der Waals surface area contributed by atoms with Gasteiger partial charge in [0.25, 0.3) is 0 Å². The summed E-state index contributed by atoms with van der Waals surface area (Å²) in [6.45, 7) is 4.84. The Morgan fingerprint density at radius 2 is 2.29 bits per heavy atom. The van der Waals surface area contributed by atoms with E-state index in [-0.39, 0.29) is 5.92 Å². The van der Waals surface area contributed by atoms with E-state index in [0.717, 1.165) is 25.8 Å². The predicted octanol–water partition coefficient (Wildman–Crippen LogP) is 1.75. The van der Waals surface area contributed by atoms with Gasteiger partial charge in [-0.25, -0.2) is 0 Å². The molecule has 2 nitrogen and oxygen atoms in total. The first kappa shape index (κ1) is 11.3. The zero-order chi connectivity index (χ0) is 10.4. The van der Waals surface area contributed by atoms with Gasteiger partial charge in [-0.15, -0.1) is 11.8 Å². The Hall–Kier alpha value is -0.810. The fourth-order valence-electron chi connectivity index (χ4n) is 1.79. The summed E-state index contributed by atoms with van der Waals surface area (Å²) in [6, 6.07) is 0.578. The van der Waals surface area contributed by atoms with Crippen LogP contribution in [0.5, 0.6) is 0 Å². The van der Waals surface area contributed by atoms with Crippen molar-refractivity contribution in [2.24, 2.45) is 5.92 Å². The quantitative estimate of drug-likeness (QED) is 0.692. The summed E-state index contributed by atoms with van der Waals surface area (Å²) >= 11 is 0. The molecule has 0 aromatic carbocycles. The molecule has 2 atom stereocenters.